The molecule has 8 bridgehead atoms. The first-order valence-corrected chi connectivity index (χ1v) is 46.4. The van der Waals surface area contributed by atoms with Crippen LogP contribution in [0.3, 0.4) is 0 Å². The standard InChI is InChI=1S/C21H35N5O9S.C19H38N4O3.C19H36N4O3.C17H32N4O4.2ClH.2Cu/c27-18-14-17(36(32,33)34)21(31)26(18)35-20(30)16-25-9-3-7-22-4-1-5-23(11-13-25)6-2-8-24(12-10-22)15-19(28)29;2*1-2-18(24)16-22-10-4-8-21-7-3-6-20(12-14-22)9-5-11-23(15-13-21)17-19(25)26;22-16(23)14-20-8-2-6-18-4-1-5-19(11-12-20)7-3-9-21(13-10-18)15-17(24)25;;;;/h17H,1-16H2,(H,28,29)(H,32,33,34);18,24H,2-17H2,1H3,(H,25,26);2-17H2,1H3,(H,25,26);1-15H2,(H,22,23)(H,24,25);2*1H;;/q;;;;;;;+2/p-3/i;;;;;;2*1+0. The number of aliphatic carboxylic acids is 5. The Morgan fingerprint density at radius 2 is 0.590 bits per heavy atom. The number of β-amino-alcohol motifs (C(OH)–C–C–N with tert-alkyl or cyclic N) is 1. The maximum atomic E-state index is 12.5. The van der Waals surface area contributed by atoms with Gasteiger partial charge in [-0.1, -0.05) is 13.8 Å². The van der Waals surface area contributed by atoms with Crippen LogP contribution >= 0.6 is 20.2 Å². The van der Waals surface area contributed by atoms with Crippen molar-refractivity contribution < 1.29 is 122 Å². The fourth-order valence-electron chi connectivity index (χ4n) is 16.3. The van der Waals surface area contributed by atoms with Crippen LogP contribution in [0.1, 0.15) is 110 Å². The molecule has 0 saturated carbocycles. The van der Waals surface area contributed by atoms with Gasteiger partial charge in [0.15, 0.2) is 0 Å². The van der Waals surface area contributed by atoms with E-state index >= 15 is 0 Å². The summed E-state index contributed by atoms with van der Waals surface area (Å²) in [6.07, 6.45) is 12.4. The van der Waals surface area contributed by atoms with Crippen LogP contribution < -0.4 is 0 Å². The summed E-state index contributed by atoms with van der Waals surface area (Å²) in [5.41, 5.74) is 0. The van der Waals surface area contributed by atoms with E-state index in [4.69, 9.17) is 25.3 Å². The van der Waals surface area contributed by atoms with E-state index in [0.29, 0.717) is 51.5 Å². The summed E-state index contributed by atoms with van der Waals surface area (Å²) in [7, 11) is 4.31. The first kappa shape index (κ1) is 106. The number of halogens is 2. The van der Waals surface area contributed by atoms with Crippen LogP contribution in [0.2, 0.25) is 0 Å². The number of ketones is 1. The molecule has 0 aromatic rings. The van der Waals surface area contributed by atoms with Crippen LogP contribution in [0.5, 0.6) is 0 Å². The summed E-state index contributed by atoms with van der Waals surface area (Å²) < 4.78 is 33.5. The van der Waals surface area contributed by atoms with Crippen molar-refractivity contribution in [2.24, 2.45) is 0 Å². The number of carbonyl (C=O) groups is 9. The van der Waals surface area contributed by atoms with Crippen LogP contribution in [0.25, 0.3) is 0 Å². The number of imide groups is 1. The van der Waals surface area contributed by atoms with E-state index in [1.54, 1.807) is 0 Å². The average Bonchev–Trinajstić information content (AvgIpc) is 1.65. The van der Waals surface area contributed by atoms with Gasteiger partial charge in [0.25, 0.3) is 11.8 Å². The Morgan fingerprint density at radius 1 is 0.376 bits per heavy atom. The molecule has 117 heavy (non-hydrogen) atoms. The van der Waals surface area contributed by atoms with E-state index in [-0.39, 0.29) is 67.5 Å². The molecule has 9 aliphatic heterocycles. The second-order valence-corrected chi connectivity index (χ2v) is 35.0. The molecule has 686 valence electrons. The summed E-state index contributed by atoms with van der Waals surface area (Å²) in [6, 6.07) is 0. The van der Waals surface area contributed by atoms with Crippen molar-refractivity contribution in [2.75, 3.05) is 314 Å². The number of aliphatic hydroxyl groups excluding tert-OH is 1. The van der Waals surface area contributed by atoms with Crippen LogP contribution in [0, 0.1) is 0 Å². The van der Waals surface area contributed by atoms with Gasteiger partial charge in [-0.3, -0.25) is 77.6 Å². The molecule has 9 aliphatic rings. The predicted octanol–water partition coefficient (Wildman–Crippen LogP) is -0.755. The molecule has 36 nitrogen and oxygen atoms in total. The number of amides is 2. The van der Waals surface area contributed by atoms with Gasteiger partial charge in [0.05, 0.1) is 58.3 Å². The summed E-state index contributed by atoms with van der Waals surface area (Å²) >= 11 is 0.757. The number of carboxylic acids is 5. The molecule has 10 unspecified atom stereocenters. The molecule has 41 heteroatoms. The maximum absolute atomic E-state index is 12.5. The zero-order chi connectivity index (χ0) is 84.6. The van der Waals surface area contributed by atoms with Gasteiger partial charge in [-0.05, 0) is 201 Å². The molecular weight excluding hydrogens is 1690 g/mol. The summed E-state index contributed by atoms with van der Waals surface area (Å²) in [4.78, 5) is 145. The topological polar surface area (TPSA) is 397 Å². The van der Waals surface area contributed by atoms with Gasteiger partial charge in [-0.25, -0.2) is 13.2 Å². The zero-order valence-corrected chi connectivity index (χ0v) is 73.8. The molecular formula is C76H140Cl2Cu2N17O19S-. The Morgan fingerprint density at radius 3 is 0.803 bits per heavy atom. The first-order chi connectivity index (χ1) is 55.6. The molecule has 9 fully saturated rings. The van der Waals surface area contributed by atoms with Gasteiger partial charge in [0, 0.05) is 174 Å². The number of rotatable bonds is 20. The van der Waals surface area contributed by atoms with Crippen LogP contribution in [0.15, 0.2) is 0 Å². The van der Waals surface area contributed by atoms with Crippen LogP contribution in [0.4, 0.5) is 0 Å². The quantitative estimate of drug-likeness (QED) is 0.0496. The number of carboxylic acid groups (broad SMARTS) is 5. The number of nitrogens with zero attached hydrogens (tertiary/aromatic N) is 17. The molecule has 0 aromatic heterocycles. The van der Waals surface area contributed by atoms with E-state index in [0.717, 1.165) is 326 Å². The summed E-state index contributed by atoms with van der Waals surface area (Å²) in [5, 5.41) is 53.8. The Balaban J connectivity index is 0.000000327. The normalized spacial score (nSPS) is 27.4. The second kappa shape index (κ2) is 60.9. The summed E-state index contributed by atoms with van der Waals surface area (Å²) in [5.74, 6) is -6.75. The van der Waals surface area contributed by atoms with Crippen molar-refractivity contribution >= 4 is 83.7 Å². The molecule has 6 N–H and O–H groups in total. The minimum absolute atomic E-state index is 0. The molecule has 9 rings (SSSR count). The Hall–Kier alpha value is -3.52. The van der Waals surface area contributed by atoms with Gasteiger partial charge in [0.2, 0.25) is 0 Å². The van der Waals surface area contributed by atoms with Crippen molar-refractivity contribution in [2.45, 2.75) is 122 Å². The molecule has 0 aliphatic carbocycles. The van der Waals surface area contributed by atoms with Crippen molar-refractivity contribution in [3.8, 4) is 0 Å². The molecule has 0 aromatic carbocycles. The Bertz CT molecular complexity index is 2970. The van der Waals surface area contributed by atoms with Gasteiger partial charge in [-0.2, -0.15) is 0 Å². The molecule has 2 amide bonds. The minimum atomic E-state index is -5.03. The SMILES string of the molecule is CCC(=O)CN1CCCN2CCCN(CCCN(CC(=O)O)CC2)CC1.CCC(O)CN1CCCN2CCCN(CCCN(CC(=O)O)CC2)CC1.O=C(O)CN1CCCN2CCCN(CCCN(CC(=O)O)CC2)CC1.O=C(O)CN1CCCN2CCCN(CCCN(CC(=O)ON3C(=O)CC(S(=O)(=O)[O-])C3=O)CC2)CC1.[64Cu].[Cl][64Cu][Cl]. The Kier molecular flexibility index (Phi) is 55.1. The molecule has 0 spiro atoms. The fourth-order valence-corrected chi connectivity index (χ4v) is 17.0. The predicted molar refractivity (Wildman–Crippen MR) is 436 cm³/mol. The van der Waals surface area contributed by atoms with Crippen molar-refractivity contribution in [1.29, 1.82) is 0 Å². The number of hydrogen-bond donors (Lipinski definition) is 6. The number of carbonyl (C=O) groups excluding carboxylic acids is 4. The number of hydrogen-bond acceptors (Lipinski definition) is 30. The number of Topliss-reactive ketones (excluding diaryl/α,β-unsaturated/α-hetero) is 1. The molecule has 9 heterocycles. The van der Waals surface area contributed by atoms with E-state index in [9.17, 15) is 66.3 Å². The first-order valence-electron chi connectivity index (χ1n) is 42.3. The van der Waals surface area contributed by atoms with Crippen LogP contribution in [-0.2, 0) is 88.3 Å². The van der Waals surface area contributed by atoms with E-state index in [2.05, 4.69) is 79.0 Å². The van der Waals surface area contributed by atoms with E-state index < -0.39 is 69.4 Å². The average molecular weight is 1830 g/mol. The summed E-state index contributed by atoms with van der Waals surface area (Å²) in [6.45, 7) is 41.4. The van der Waals surface area contributed by atoms with Crippen LogP contribution in [-0.4, -0.2) is 506 Å². The number of hydroxylamine groups is 2. The van der Waals surface area contributed by atoms with Gasteiger partial charge >= 0.3 is 69.1 Å². The van der Waals surface area contributed by atoms with Crippen molar-refractivity contribution in [3.05, 3.63) is 0 Å². The van der Waals surface area contributed by atoms with Crippen molar-refractivity contribution in [1.82, 2.24) is 83.5 Å². The Labute approximate surface area is 720 Å². The molecule has 1 radical (unpaired) electrons. The third-order valence-corrected chi connectivity index (χ3v) is 23.8. The number of aliphatic hydroxyl groups is 1. The van der Waals surface area contributed by atoms with Crippen molar-refractivity contribution in [3.63, 3.8) is 0 Å². The van der Waals surface area contributed by atoms with E-state index in [1.165, 1.54) is 6.42 Å². The molecule has 9 saturated heterocycles. The molecule has 10 atom stereocenters. The van der Waals surface area contributed by atoms with E-state index in [1.807, 2.05) is 33.4 Å². The monoisotopic (exact) mass is 1820 g/mol. The third kappa shape index (κ3) is 47.2. The van der Waals surface area contributed by atoms with Gasteiger partial charge < -0.3 is 79.2 Å². The number of fused-ring (bicyclic) bond motifs is 16. The van der Waals surface area contributed by atoms with Gasteiger partial charge in [-0.15, -0.1) is 5.06 Å². The second-order valence-electron chi connectivity index (χ2n) is 31.9. The third-order valence-electron chi connectivity index (χ3n) is 22.7. The van der Waals surface area contributed by atoms with Gasteiger partial charge in [0.1, 0.15) is 21.2 Å². The zero-order valence-electron chi connectivity index (χ0n) is 69.6. The fraction of sp³-hybridized carbons (Fsp3) is 0.882.